The Bertz CT molecular complexity index is 460. The van der Waals surface area contributed by atoms with Crippen molar-refractivity contribution in [1.29, 1.82) is 0 Å². The lowest BCUT2D eigenvalue weighted by atomic mass is 10.0. The molecule has 1 amide bonds. The molecule has 0 radical (unpaired) electrons. The molecule has 1 aromatic heterocycles. The lowest BCUT2D eigenvalue weighted by molar-refractivity contribution is -0.138. The second-order valence-corrected chi connectivity index (χ2v) is 5.78. The summed E-state index contributed by atoms with van der Waals surface area (Å²) in [7, 11) is 0. The molecule has 2 aliphatic rings. The molecule has 0 aromatic carbocycles. The molecule has 2 saturated heterocycles. The number of amides is 1. The molecule has 2 aliphatic heterocycles. The van der Waals surface area contributed by atoms with Gasteiger partial charge in [0.15, 0.2) is 0 Å². The quantitative estimate of drug-likeness (QED) is 0.916. The molecule has 21 heavy (non-hydrogen) atoms. The predicted molar refractivity (Wildman–Crippen MR) is 79.8 cm³/mol. The summed E-state index contributed by atoms with van der Waals surface area (Å²) in [6, 6.07) is 4.10. The molecule has 2 atom stereocenters. The zero-order valence-corrected chi connectivity index (χ0v) is 12.3. The summed E-state index contributed by atoms with van der Waals surface area (Å²) in [5.41, 5.74) is 1.15. The predicted octanol–water partition coefficient (Wildman–Crippen LogP) is 1.51. The Morgan fingerprint density at radius 1 is 1.38 bits per heavy atom. The van der Waals surface area contributed by atoms with Gasteiger partial charge in [0.1, 0.15) is 0 Å². The average molecular weight is 289 g/mol. The summed E-state index contributed by atoms with van der Waals surface area (Å²) in [6.45, 7) is 3.23. The van der Waals surface area contributed by atoms with Crippen molar-refractivity contribution in [3.05, 3.63) is 30.1 Å². The largest absolute Gasteiger partial charge is 0.378 e. The molecule has 114 valence electrons. The summed E-state index contributed by atoms with van der Waals surface area (Å²) in [6.07, 6.45) is 7.51. The summed E-state index contributed by atoms with van der Waals surface area (Å²) >= 11 is 0. The Hall–Kier alpha value is -1.46. The van der Waals surface area contributed by atoms with Crippen LogP contribution in [0.4, 0.5) is 0 Å². The zero-order chi connectivity index (χ0) is 14.5. The van der Waals surface area contributed by atoms with E-state index in [1.165, 1.54) is 6.42 Å². The minimum Gasteiger partial charge on any atom is -0.378 e. The van der Waals surface area contributed by atoms with Crippen molar-refractivity contribution in [3.63, 3.8) is 0 Å². The smallest absolute Gasteiger partial charge is 0.225 e. The fourth-order valence-electron chi connectivity index (χ4n) is 3.17. The van der Waals surface area contributed by atoms with Crippen LogP contribution in [0.3, 0.4) is 0 Å². The van der Waals surface area contributed by atoms with Crippen molar-refractivity contribution in [2.75, 3.05) is 26.2 Å². The standard InChI is InChI=1S/C16H23N3O2/c20-16(11-14-3-1-2-10-21-14)19-9-8-18-12-15(19)13-4-6-17-7-5-13/h4-7,14-15,18H,1-3,8-12H2. The molecule has 0 spiro atoms. The topological polar surface area (TPSA) is 54.5 Å². The number of hydrogen-bond donors (Lipinski definition) is 1. The Kier molecular flexibility index (Phi) is 4.83. The van der Waals surface area contributed by atoms with E-state index in [9.17, 15) is 4.79 Å². The molecule has 3 rings (SSSR count). The molecular formula is C16H23N3O2. The third-order valence-electron chi connectivity index (χ3n) is 4.33. The average Bonchev–Trinajstić information content (AvgIpc) is 2.56. The van der Waals surface area contributed by atoms with Gasteiger partial charge in [-0.15, -0.1) is 0 Å². The van der Waals surface area contributed by atoms with E-state index in [0.717, 1.165) is 44.6 Å². The second-order valence-electron chi connectivity index (χ2n) is 5.78. The van der Waals surface area contributed by atoms with Gasteiger partial charge < -0.3 is 15.0 Å². The van der Waals surface area contributed by atoms with Gasteiger partial charge in [0.2, 0.25) is 5.91 Å². The van der Waals surface area contributed by atoms with E-state index in [1.54, 1.807) is 12.4 Å². The van der Waals surface area contributed by atoms with Gasteiger partial charge in [0.05, 0.1) is 18.6 Å². The molecule has 5 nitrogen and oxygen atoms in total. The highest BCUT2D eigenvalue weighted by Crippen LogP contribution is 2.24. The Morgan fingerprint density at radius 3 is 3.00 bits per heavy atom. The number of ether oxygens (including phenoxy) is 1. The van der Waals surface area contributed by atoms with Gasteiger partial charge in [0.25, 0.3) is 0 Å². The van der Waals surface area contributed by atoms with Gasteiger partial charge >= 0.3 is 0 Å². The highest BCUT2D eigenvalue weighted by atomic mass is 16.5. The number of aromatic nitrogens is 1. The van der Waals surface area contributed by atoms with E-state index in [4.69, 9.17) is 4.74 Å². The van der Waals surface area contributed by atoms with Crippen molar-refractivity contribution >= 4 is 5.91 Å². The number of rotatable bonds is 3. The van der Waals surface area contributed by atoms with E-state index in [2.05, 4.69) is 10.3 Å². The Balaban J connectivity index is 1.67. The highest BCUT2D eigenvalue weighted by molar-refractivity contribution is 5.77. The molecule has 0 saturated carbocycles. The maximum Gasteiger partial charge on any atom is 0.225 e. The molecule has 2 fully saturated rings. The van der Waals surface area contributed by atoms with E-state index >= 15 is 0 Å². The first-order valence-electron chi connectivity index (χ1n) is 7.86. The molecular weight excluding hydrogens is 266 g/mol. The van der Waals surface area contributed by atoms with Crippen LogP contribution < -0.4 is 5.32 Å². The highest BCUT2D eigenvalue weighted by Gasteiger charge is 2.29. The van der Waals surface area contributed by atoms with Gasteiger partial charge in [-0.05, 0) is 37.0 Å². The minimum absolute atomic E-state index is 0.109. The van der Waals surface area contributed by atoms with Crippen LogP contribution in [0.2, 0.25) is 0 Å². The van der Waals surface area contributed by atoms with Crippen LogP contribution in [-0.4, -0.2) is 48.1 Å². The third kappa shape index (κ3) is 3.60. The first kappa shape index (κ1) is 14.5. The van der Waals surface area contributed by atoms with Gasteiger partial charge in [-0.3, -0.25) is 9.78 Å². The molecule has 0 aliphatic carbocycles. The lowest BCUT2D eigenvalue weighted by Gasteiger charge is -2.37. The van der Waals surface area contributed by atoms with Gasteiger partial charge in [-0.25, -0.2) is 0 Å². The molecule has 1 N–H and O–H groups in total. The maximum absolute atomic E-state index is 12.7. The third-order valence-corrected chi connectivity index (χ3v) is 4.33. The van der Waals surface area contributed by atoms with Gasteiger partial charge in [0, 0.05) is 38.6 Å². The Labute approximate surface area is 125 Å². The van der Waals surface area contributed by atoms with Crippen LogP contribution in [0.15, 0.2) is 24.5 Å². The summed E-state index contributed by atoms with van der Waals surface area (Å²) < 4.78 is 5.71. The van der Waals surface area contributed by atoms with Crippen molar-refractivity contribution in [1.82, 2.24) is 15.2 Å². The molecule has 5 heteroatoms. The molecule has 1 aromatic rings. The number of carbonyl (C=O) groups excluding carboxylic acids is 1. The van der Waals surface area contributed by atoms with E-state index in [1.807, 2.05) is 17.0 Å². The first-order valence-corrected chi connectivity index (χ1v) is 7.86. The first-order chi connectivity index (χ1) is 10.3. The van der Waals surface area contributed by atoms with Crippen LogP contribution in [0.1, 0.15) is 37.3 Å². The second kappa shape index (κ2) is 7.00. The number of piperazine rings is 1. The van der Waals surface area contributed by atoms with Crippen molar-refractivity contribution in [3.8, 4) is 0 Å². The maximum atomic E-state index is 12.7. The normalized spacial score (nSPS) is 26.6. The Morgan fingerprint density at radius 2 is 2.24 bits per heavy atom. The van der Waals surface area contributed by atoms with Crippen molar-refractivity contribution in [2.24, 2.45) is 0 Å². The lowest BCUT2D eigenvalue weighted by Crippen LogP contribution is -2.49. The van der Waals surface area contributed by atoms with Crippen molar-refractivity contribution in [2.45, 2.75) is 37.8 Å². The van der Waals surface area contributed by atoms with E-state index < -0.39 is 0 Å². The number of nitrogens with zero attached hydrogens (tertiary/aromatic N) is 2. The number of carbonyl (C=O) groups is 1. The fourth-order valence-corrected chi connectivity index (χ4v) is 3.17. The number of pyridine rings is 1. The molecule has 2 unspecified atom stereocenters. The van der Waals surface area contributed by atoms with Gasteiger partial charge in [-0.1, -0.05) is 0 Å². The van der Waals surface area contributed by atoms with Crippen LogP contribution in [0, 0.1) is 0 Å². The van der Waals surface area contributed by atoms with E-state index in [0.29, 0.717) is 6.42 Å². The van der Waals surface area contributed by atoms with Crippen LogP contribution in [0.25, 0.3) is 0 Å². The molecule has 3 heterocycles. The summed E-state index contributed by atoms with van der Waals surface area (Å²) in [5.74, 6) is 0.213. The monoisotopic (exact) mass is 289 g/mol. The summed E-state index contributed by atoms with van der Waals surface area (Å²) in [5, 5.41) is 3.38. The zero-order valence-electron chi connectivity index (χ0n) is 12.3. The SMILES string of the molecule is O=C(CC1CCCCO1)N1CCNCC1c1ccncc1. The fraction of sp³-hybridized carbons (Fsp3) is 0.625. The van der Waals surface area contributed by atoms with Gasteiger partial charge in [-0.2, -0.15) is 0 Å². The summed E-state index contributed by atoms with van der Waals surface area (Å²) in [4.78, 5) is 18.7. The van der Waals surface area contributed by atoms with E-state index in [-0.39, 0.29) is 18.1 Å². The minimum atomic E-state index is 0.109. The van der Waals surface area contributed by atoms with Crippen LogP contribution >= 0.6 is 0 Å². The molecule has 0 bridgehead atoms. The van der Waals surface area contributed by atoms with Crippen LogP contribution in [0.5, 0.6) is 0 Å². The number of nitrogens with one attached hydrogen (secondary N) is 1. The number of hydrogen-bond acceptors (Lipinski definition) is 4. The van der Waals surface area contributed by atoms with Crippen molar-refractivity contribution < 1.29 is 9.53 Å². The van der Waals surface area contributed by atoms with Crippen LogP contribution in [-0.2, 0) is 9.53 Å².